The zero-order chi connectivity index (χ0) is 19.0. The molecule has 1 aromatic rings. The number of halogens is 1. The van der Waals surface area contributed by atoms with E-state index in [4.69, 9.17) is 14.5 Å². The second kappa shape index (κ2) is 12.0. The Labute approximate surface area is 187 Å². The highest BCUT2D eigenvalue weighted by atomic mass is 127. The SMILES string of the molecule is CCNC(=NCC1(c2ccccc2C)CC1)NCCCOCC1CCOC1.I. The van der Waals surface area contributed by atoms with E-state index < -0.39 is 0 Å². The maximum absolute atomic E-state index is 5.77. The predicted octanol–water partition coefficient (Wildman–Crippen LogP) is 3.64. The van der Waals surface area contributed by atoms with Crippen LogP contribution in [0.4, 0.5) is 0 Å². The highest BCUT2D eigenvalue weighted by Crippen LogP contribution is 2.49. The van der Waals surface area contributed by atoms with E-state index in [0.717, 1.165) is 64.9 Å². The zero-order valence-electron chi connectivity index (χ0n) is 17.3. The van der Waals surface area contributed by atoms with Gasteiger partial charge in [0.2, 0.25) is 0 Å². The second-order valence-electron chi connectivity index (χ2n) is 7.88. The number of benzene rings is 1. The summed E-state index contributed by atoms with van der Waals surface area (Å²) in [7, 11) is 0. The Balaban J connectivity index is 0.00000280. The zero-order valence-corrected chi connectivity index (χ0v) is 19.7. The van der Waals surface area contributed by atoms with Crippen LogP contribution in [-0.2, 0) is 14.9 Å². The summed E-state index contributed by atoms with van der Waals surface area (Å²) in [5.41, 5.74) is 3.10. The molecule has 3 rings (SSSR count). The van der Waals surface area contributed by atoms with Crippen LogP contribution in [0.25, 0.3) is 0 Å². The summed E-state index contributed by atoms with van der Waals surface area (Å²) >= 11 is 0. The van der Waals surface area contributed by atoms with Crippen LogP contribution in [0.3, 0.4) is 0 Å². The van der Waals surface area contributed by atoms with E-state index in [9.17, 15) is 0 Å². The Hall–Kier alpha value is -0.860. The van der Waals surface area contributed by atoms with Crippen molar-refractivity contribution >= 4 is 29.9 Å². The first-order valence-corrected chi connectivity index (χ1v) is 10.5. The van der Waals surface area contributed by atoms with Crippen molar-refractivity contribution in [1.29, 1.82) is 0 Å². The monoisotopic (exact) mass is 501 g/mol. The number of ether oxygens (including phenoxy) is 2. The smallest absolute Gasteiger partial charge is 0.191 e. The number of guanidine groups is 1. The molecule has 28 heavy (non-hydrogen) atoms. The Morgan fingerprint density at radius 1 is 1.29 bits per heavy atom. The normalized spacial score (nSPS) is 20.5. The van der Waals surface area contributed by atoms with Gasteiger partial charge in [-0.05, 0) is 50.7 Å². The molecule has 1 atom stereocenters. The summed E-state index contributed by atoms with van der Waals surface area (Å²) in [5, 5.41) is 6.82. The van der Waals surface area contributed by atoms with Crippen molar-refractivity contribution in [3.8, 4) is 0 Å². The molecule has 2 fully saturated rings. The third kappa shape index (κ3) is 6.88. The van der Waals surface area contributed by atoms with Crippen LogP contribution in [0.2, 0.25) is 0 Å². The molecule has 2 N–H and O–H groups in total. The van der Waals surface area contributed by atoms with Gasteiger partial charge in [0.1, 0.15) is 0 Å². The molecule has 1 saturated carbocycles. The minimum absolute atomic E-state index is 0. The van der Waals surface area contributed by atoms with Gasteiger partial charge in [-0.2, -0.15) is 0 Å². The van der Waals surface area contributed by atoms with Crippen molar-refractivity contribution in [3.05, 3.63) is 35.4 Å². The lowest BCUT2D eigenvalue weighted by atomic mass is 9.92. The van der Waals surface area contributed by atoms with Gasteiger partial charge in [-0.15, -0.1) is 24.0 Å². The number of nitrogens with one attached hydrogen (secondary N) is 2. The largest absolute Gasteiger partial charge is 0.381 e. The first-order valence-electron chi connectivity index (χ1n) is 10.5. The number of nitrogens with zero attached hydrogens (tertiary/aromatic N) is 1. The fraction of sp³-hybridized carbons (Fsp3) is 0.682. The van der Waals surface area contributed by atoms with Gasteiger partial charge in [0.05, 0.1) is 19.8 Å². The molecular weight excluding hydrogens is 465 g/mol. The van der Waals surface area contributed by atoms with Crippen molar-refractivity contribution in [1.82, 2.24) is 10.6 Å². The fourth-order valence-corrected chi connectivity index (χ4v) is 3.75. The van der Waals surface area contributed by atoms with Crippen LogP contribution >= 0.6 is 24.0 Å². The first kappa shape index (κ1) is 23.4. The lowest BCUT2D eigenvalue weighted by Crippen LogP contribution is -2.38. The minimum Gasteiger partial charge on any atom is -0.381 e. The Bertz CT molecular complexity index is 614. The van der Waals surface area contributed by atoms with Crippen LogP contribution in [0.1, 0.15) is 43.7 Å². The van der Waals surface area contributed by atoms with E-state index in [1.54, 1.807) is 0 Å². The molecule has 1 heterocycles. The van der Waals surface area contributed by atoms with E-state index in [-0.39, 0.29) is 29.4 Å². The van der Waals surface area contributed by atoms with Crippen molar-refractivity contribution in [2.45, 2.75) is 44.9 Å². The van der Waals surface area contributed by atoms with Gasteiger partial charge >= 0.3 is 0 Å². The van der Waals surface area contributed by atoms with Gasteiger partial charge in [-0.25, -0.2) is 0 Å². The predicted molar refractivity (Wildman–Crippen MR) is 126 cm³/mol. The maximum atomic E-state index is 5.77. The van der Waals surface area contributed by atoms with Gasteiger partial charge in [0, 0.05) is 37.6 Å². The highest BCUT2D eigenvalue weighted by Gasteiger charge is 2.44. The quantitative estimate of drug-likeness (QED) is 0.223. The van der Waals surface area contributed by atoms with E-state index in [1.807, 2.05) is 0 Å². The summed E-state index contributed by atoms with van der Waals surface area (Å²) in [6.45, 7) is 10.3. The Morgan fingerprint density at radius 2 is 2.11 bits per heavy atom. The Kier molecular flexibility index (Phi) is 10.0. The van der Waals surface area contributed by atoms with Crippen LogP contribution in [-0.4, -0.2) is 52.0 Å². The molecule has 2 aliphatic rings. The molecular formula is C22H36IN3O2. The van der Waals surface area contributed by atoms with Gasteiger partial charge in [0.25, 0.3) is 0 Å². The van der Waals surface area contributed by atoms with Crippen molar-refractivity contribution in [2.75, 3.05) is 46.1 Å². The molecule has 1 unspecified atom stereocenters. The average Bonchev–Trinajstić information content (AvgIpc) is 3.28. The number of aliphatic imine (C=N–C) groups is 1. The topological polar surface area (TPSA) is 54.9 Å². The van der Waals surface area contributed by atoms with Crippen LogP contribution in [0.5, 0.6) is 0 Å². The summed E-state index contributed by atoms with van der Waals surface area (Å²) in [6, 6.07) is 8.74. The third-order valence-corrected chi connectivity index (χ3v) is 5.59. The molecule has 158 valence electrons. The third-order valence-electron chi connectivity index (χ3n) is 5.59. The molecule has 1 saturated heterocycles. The summed E-state index contributed by atoms with van der Waals surface area (Å²) in [6.07, 6.45) is 4.60. The van der Waals surface area contributed by atoms with Crippen LogP contribution < -0.4 is 10.6 Å². The molecule has 1 aliphatic carbocycles. The number of aryl methyl sites for hydroxylation is 1. The van der Waals surface area contributed by atoms with E-state index in [0.29, 0.717) is 5.92 Å². The van der Waals surface area contributed by atoms with Gasteiger partial charge in [-0.3, -0.25) is 4.99 Å². The molecule has 0 radical (unpaired) electrons. The van der Waals surface area contributed by atoms with Crippen molar-refractivity contribution in [3.63, 3.8) is 0 Å². The number of rotatable bonds is 10. The highest BCUT2D eigenvalue weighted by molar-refractivity contribution is 14.0. The molecule has 1 aliphatic heterocycles. The van der Waals surface area contributed by atoms with Gasteiger partial charge < -0.3 is 20.1 Å². The number of hydrogen-bond donors (Lipinski definition) is 2. The van der Waals surface area contributed by atoms with E-state index in [2.05, 4.69) is 48.7 Å². The standard InChI is InChI=1S/C22H35N3O2.HI/c1-3-23-21(24-12-6-13-26-15-19-9-14-27-16-19)25-17-22(10-11-22)20-8-5-4-7-18(20)2;/h4-5,7-8,19H,3,6,9-17H2,1-2H3,(H2,23,24,25);1H. The van der Waals surface area contributed by atoms with Gasteiger partial charge in [0.15, 0.2) is 5.96 Å². The summed E-state index contributed by atoms with van der Waals surface area (Å²) < 4.78 is 11.2. The molecule has 1 aromatic carbocycles. The maximum Gasteiger partial charge on any atom is 0.191 e. The first-order chi connectivity index (χ1) is 13.2. The van der Waals surface area contributed by atoms with Crippen LogP contribution in [0.15, 0.2) is 29.3 Å². The van der Waals surface area contributed by atoms with Gasteiger partial charge in [-0.1, -0.05) is 24.3 Å². The van der Waals surface area contributed by atoms with E-state index >= 15 is 0 Å². The Morgan fingerprint density at radius 3 is 2.79 bits per heavy atom. The lowest BCUT2D eigenvalue weighted by Gasteiger charge is -2.18. The molecule has 6 heteroatoms. The molecule has 5 nitrogen and oxygen atoms in total. The molecule has 0 bridgehead atoms. The molecule has 0 amide bonds. The summed E-state index contributed by atoms with van der Waals surface area (Å²) in [4.78, 5) is 4.88. The van der Waals surface area contributed by atoms with Crippen LogP contribution in [0, 0.1) is 12.8 Å². The number of hydrogen-bond acceptors (Lipinski definition) is 3. The molecule has 0 aromatic heterocycles. The minimum atomic E-state index is 0. The van der Waals surface area contributed by atoms with Crippen molar-refractivity contribution in [2.24, 2.45) is 10.9 Å². The molecule has 0 spiro atoms. The second-order valence-corrected chi connectivity index (χ2v) is 7.88. The average molecular weight is 501 g/mol. The van der Waals surface area contributed by atoms with E-state index in [1.165, 1.54) is 24.0 Å². The van der Waals surface area contributed by atoms with Crippen molar-refractivity contribution < 1.29 is 9.47 Å². The lowest BCUT2D eigenvalue weighted by molar-refractivity contribution is 0.0888. The summed E-state index contributed by atoms with van der Waals surface area (Å²) in [5.74, 6) is 1.51. The fourth-order valence-electron chi connectivity index (χ4n) is 3.75.